The molecule has 2 amide bonds. The van der Waals surface area contributed by atoms with Crippen LogP contribution in [0, 0.1) is 0 Å². The fraction of sp³-hybridized carbons (Fsp3) is 0.619. The molecule has 0 radical (unpaired) electrons. The molecule has 0 unspecified atom stereocenters. The van der Waals surface area contributed by atoms with Gasteiger partial charge < -0.3 is 15.5 Å². The van der Waals surface area contributed by atoms with E-state index in [1.807, 2.05) is 18.2 Å². The van der Waals surface area contributed by atoms with Crippen LogP contribution in [0.2, 0.25) is 0 Å². The Labute approximate surface area is 163 Å². The fourth-order valence-corrected chi connectivity index (χ4v) is 3.16. The normalized spacial score (nSPS) is 14.7. The second-order valence-electron chi connectivity index (χ2n) is 7.68. The number of hydrogen-bond donors (Lipinski definition) is 2. The molecule has 1 heterocycles. The highest BCUT2D eigenvalue weighted by Crippen LogP contribution is 2.16. The van der Waals surface area contributed by atoms with E-state index in [1.165, 1.54) is 12.8 Å². The van der Waals surface area contributed by atoms with E-state index in [9.17, 15) is 9.59 Å². The number of carbonyl (C=O) groups excluding carboxylic acids is 2. The van der Waals surface area contributed by atoms with E-state index < -0.39 is 11.8 Å². The Balaban J connectivity index is 1.70. The Morgan fingerprint density at radius 3 is 2.59 bits per heavy atom. The molecule has 2 rings (SSSR count). The summed E-state index contributed by atoms with van der Waals surface area (Å²) < 4.78 is 0. The summed E-state index contributed by atoms with van der Waals surface area (Å²) in [4.78, 5) is 28.7. The van der Waals surface area contributed by atoms with Crippen molar-refractivity contribution >= 4 is 17.5 Å². The van der Waals surface area contributed by atoms with Crippen molar-refractivity contribution in [3.05, 3.63) is 29.8 Å². The zero-order chi connectivity index (χ0) is 19.6. The minimum absolute atomic E-state index is 0.520. The number of likely N-dealkylation sites (tertiary alicyclic amines) is 1. The average Bonchev–Trinajstić information content (AvgIpc) is 3.14. The minimum atomic E-state index is -0.604. The lowest BCUT2D eigenvalue weighted by Gasteiger charge is -2.20. The van der Waals surface area contributed by atoms with Gasteiger partial charge >= 0.3 is 11.8 Å². The number of nitrogens with zero attached hydrogens (tertiary/aromatic N) is 2. The summed E-state index contributed by atoms with van der Waals surface area (Å²) in [6.45, 7) is 8.98. The van der Waals surface area contributed by atoms with Crippen LogP contribution in [-0.2, 0) is 16.1 Å². The highest BCUT2D eigenvalue weighted by Gasteiger charge is 2.15. The van der Waals surface area contributed by atoms with E-state index >= 15 is 0 Å². The van der Waals surface area contributed by atoms with Crippen molar-refractivity contribution < 1.29 is 9.59 Å². The summed E-state index contributed by atoms with van der Waals surface area (Å²) in [6.07, 6.45) is 4.37. The van der Waals surface area contributed by atoms with E-state index in [0.717, 1.165) is 44.6 Å². The first-order valence-corrected chi connectivity index (χ1v) is 10.1. The molecule has 6 nitrogen and oxygen atoms in total. The number of unbranched alkanes of at least 4 members (excludes halogenated alkanes) is 1. The molecule has 0 bridgehead atoms. The highest BCUT2D eigenvalue weighted by molar-refractivity contribution is 6.39. The molecule has 1 fully saturated rings. The molecule has 1 aliphatic heterocycles. The Kier molecular flexibility index (Phi) is 8.75. The van der Waals surface area contributed by atoms with Crippen LogP contribution in [0.3, 0.4) is 0 Å². The number of anilines is 1. The van der Waals surface area contributed by atoms with E-state index in [4.69, 9.17) is 0 Å². The number of hydrogen-bond acceptors (Lipinski definition) is 4. The highest BCUT2D eigenvalue weighted by atomic mass is 16.2. The molecule has 0 spiro atoms. The van der Waals surface area contributed by atoms with Gasteiger partial charge in [0.05, 0.1) is 0 Å². The topological polar surface area (TPSA) is 64.7 Å². The van der Waals surface area contributed by atoms with E-state index in [0.29, 0.717) is 18.3 Å². The first kappa shape index (κ1) is 21.4. The Hall–Kier alpha value is -1.92. The molecule has 0 aromatic heterocycles. The first-order valence-electron chi connectivity index (χ1n) is 10.1. The maximum Gasteiger partial charge on any atom is 0.313 e. The standard InChI is InChI=1S/C21H34N4O2/c1-17(2)24(3)12-5-4-11-22-20(26)21(27)23-19-10-8-9-18(15-19)16-25-13-6-7-14-25/h8-10,15,17H,4-7,11-14,16H2,1-3H3,(H,22,26)(H,23,27). The van der Waals surface area contributed by atoms with Gasteiger partial charge in [-0.15, -0.1) is 0 Å². The van der Waals surface area contributed by atoms with Crippen molar-refractivity contribution in [1.29, 1.82) is 0 Å². The third-order valence-corrected chi connectivity index (χ3v) is 5.10. The van der Waals surface area contributed by atoms with Crippen molar-refractivity contribution in [3.8, 4) is 0 Å². The molecule has 1 aromatic carbocycles. The van der Waals surface area contributed by atoms with E-state index in [2.05, 4.69) is 47.4 Å². The lowest BCUT2D eigenvalue weighted by Crippen LogP contribution is -2.36. The van der Waals surface area contributed by atoms with Crippen molar-refractivity contribution in [2.75, 3.05) is 38.5 Å². The summed E-state index contributed by atoms with van der Waals surface area (Å²) in [5.74, 6) is -1.18. The summed E-state index contributed by atoms with van der Waals surface area (Å²) in [5.41, 5.74) is 1.83. The quantitative estimate of drug-likeness (QED) is 0.515. The van der Waals surface area contributed by atoms with Gasteiger partial charge in [0.2, 0.25) is 0 Å². The average molecular weight is 375 g/mol. The van der Waals surface area contributed by atoms with Crippen molar-refractivity contribution in [3.63, 3.8) is 0 Å². The van der Waals surface area contributed by atoms with Gasteiger partial charge in [-0.1, -0.05) is 12.1 Å². The van der Waals surface area contributed by atoms with Crippen LogP contribution < -0.4 is 10.6 Å². The third kappa shape index (κ3) is 7.69. The summed E-state index contributed by atoms with van der Waals surface area (Å²) >= 11 is 0. The summed E-state index contributed by atoms with van der Waals surface area (Å²) in [6, 6.07) is 8.27. The van der Waals surface area contributed by atoms with Gasteiger partial charge in [0.25, 0.3) is 0 Å². The molecule has 2 N–H and O–H groups in total. The Morgan fingerprint density at radius 1 is 1.15 bits per heavy atom. The van der Waals surface area contributed by atoms with Crippen LogP contribution in [0.25, 0.3) is 0 Å². The number of nitrogens with one attached hydrogen (secondary N) is 2. The lowest BCUT2D eigenvalue weighted by molar-refractivity contribution is -0.136. The summed E-state index contributed by atoms with van der Waals surface area (Å²) in [7, 11) is 2.09. The molecular weight excluding hydrogens is 340 g/mol. The fourth-order valence-electron chi connectivity index (χ4n) is 3.16. The molecular formula is C21H34N4O2. The van der Waals surface area contributed by atoms with Crippen LogP contribution in [0.4, 0.5) is 5.69 Å². The van der Waals surface area contributed by atoms with Crippen molar-refractivity contribution in [1.82, 2.24) is 15.1 Å². The van der Waals surface area contributed by atoms with Crippen LogP contribution >= 0.6 is 0 Å². The minimum Gasteiger partial charge on any atom is -0.348 e. The largest absolute Gasteiger partial charge is 0.348 e. The smallest absolute Gasteiger partial charge is 0.313 e. The van der Waals surface area contributed by atoms with Gasteiger partial charge in [-0.25, -0.2) is 0 Å². The predicted octanol–water partition coefficient (Wildman–Crippen LogP) is 2.46. The summed E-state index contributed by atoms with van der Waals surface area (Å²) in [5, 5.41) is 5.40. The van der Waals surface area contributed by atoms with Gasteiger partial charge in [-0.05, 0) is 83.9 Å². The van der Waals surface area contributed by atoms with Gasteiger partial charge in [-0.3, -0.25) is 14.5 Å². The van der Waals surface area contributed by atoms with Crippen molar-refractivity contribution in [2.24, 2.45) is 0 Å². The number of benzene rings is 1. The maximum absolute atomic E-state index is 12.1. The number of carbonyl (C=O) groups is 2. The monoisotopic (exact) mass is 374 g/mol. The van der Waals surface area contributed by atoms with Crippen LogP contribution in [0.15, 0.2) is 24.3 Å². The van der Waals surface area contributed by atoms with Crippen LogP contribution in [-0.4, -0.2) is 60.9 Å². The van der Waals surface area contributed by atoms with E-state index in [1.54, 1.807) is 0 Å². The van der Waals surface area contributed by atoms with Gasteiger partial charge in [0.15, 0.2) is 0 Å². The SMILES string of the molecule is CC(C)N(C)CCCCNC(=O)C(=O)Nc1cccc(CN2CCCC2)c1. The van der Waals surface area contributed by atoms with Crippen LogP contribution in [0.5, 0.6) is 0 Å². The molecule has 1 aliphatic rings. The van der Waals surface area contributed by atoms with Crippen molar-refractivity contribution in [2.45, 2.75) is 52.1 Å². The van der Waals surface area contributed by atoms with Gasteiger partial charge in [0, 0.05) is 24.8 Å². The second kappa shape index (κ2) is 11.0. The van der Waals surface area contributed by atoms with Gasteiger partial charge in [0.1, 0.15) is 0 Å². The molecule has 6 heteroatoms. The van der Waals surface area contributed by atoms with Crippen LogP contribution in [0.1, 0.15) is 45.1 Å². The molecule has 150 valence electrons. The zero-order valence-corrected chi connectivity index (χ0v) is 17.0. The van der Waals surface area contributed by atoms with E-state index in [-0.39, 0.29) is 0 Å². The maximum atomic E-state index is 12.1. The molecule has 1 aromatic rings. The second-order valence-corrected chi connectivity index (χ2v) is 7.68. The van der Waals surface area contributed by atoms with Gasteiger partial charge in [-0.2, -0.15) is 0 Å². The Bertz CT molecular complexity index is 612. The number of rotatable bonds is 9. The predicted molar refractivity (Wildman–Crippen MR) is 110 cm³/mol. The Morgan fingerprint density at radius 2 is 1.89 bits per heavy atom. The first-order chi connectivity index (χ1) is 13.0. The molecule has 27 heavy (non-hydrogen) atoms. The molecule has 0 aliphatic carbocycles. The molecule has 0 atom stereocenters. The molecule has 1 saturated heterocycles. The third-order valence-electron chi connectivity index (χ3n) is 5.10. The molecule has 0 saturated carbocycles. The number of amides is 2. The zero-order valence-electron chi connectivity index (χ0n) is 17.0. The lowest BCUT2D eigenvalue weighted by atomic mass is 10.2.